The summed E-state index contributed by atoms with van der Waals surface area (Å²) in [7, 11) is -2.83. The van der Waals surface area contributed by atoms with Crippen LogP contribution in [0.1, 0.15) is 43.9 Å². The fraction of sp³-hybridized carbons (Fsp3) is 0.600. The lowest BCUT2D eigenvalue weighted by molar-refractivity contribution is 0.437. The van der Waals surface area contributed by atoms with Crippen LogP contribution in [0.4, 0.5) is 0 Å². The van der Waals surface area contributed by atoms with Crippen molar-refractivity contribution in [1.82, 2.24) is 5.32 Å². The molecule has 0 saturated carbocycles. The van der Waals surface area contributed by atoms with Gasteiger partial charge in [0.25, 0.3) is 0 Å². The third kappa shape index (κ3) is 4.05. The highest BCUT2D eigenvalue weighted by atomic mass is 32.2. The van der Waals surface area contributed by atoms with Crippen LogP contribution in [0, 0.1) is 0 Å². The standard InChI is InChI=1S/C15H23NO2S/c1-3-13-6-8-14(9-7-13)12(2)16-15-5-4-10-19(17,18)11-15/h6-9,12,15-16H,3-5,10-11H2,1-2H3. The molecule has 1 aromatic rings. The first-order valence-corrected chi connectivity index (χ1v) is 8.87. The molecule has 1 aliphatic rings. The van der Waals surface area contributed by atoms with Gasteiger partial charge in [-0.3, -0.25) is 0 Å². The molecule has 0 aliphatic carbocycles. The van der Waals surface area contributed by atoms with E-state index < -0.39 is 9.84 Å². The first kappa shape index (κ1) is 14.5. The maximum atomic E-state index is 11.6. The van der Waals surface area contributed by atoms with Crippen molar-refractivity contribution in [3.8, 4) is 0 Å². The summed E-state index contributed by atoms with van der Waals surface area (Å²) in [4.78, 5) is 0. The molecule has 1 fully saturated rings. The zero-order valence-corrected chi connectivity index (χ0v) is 12.5. The van der Waals surface area contributed by atoms with E-state index in [4.69, 9.17) is 0 Å². The Hall–Kier alpha value is -0.870. The van der Waals surface area contributed by atoms with E-state index in [2.05, 4.69) is 43.4 Å². The van der Waals surface area contributed by atoms with Gasteiger partial charge in [-0.2, -0.15) is 0 Å². The Labute approximate surface area is 116 Å². The predicted molar refractivity (Wildman–Crippen MR) is 79.0 cm³/mol. The van der Waals surface area contributed by atoms with E-state index in [1.807, 2.05) is 0 Å². The van der Waals surface area contributed by atoms with Crippen LogP contribution in [0.25, 0.3) is 0 Å². The summed E-state index contributed by atoms with van der Waals surface area (Å²) in [5, 5.41) is 3.45. The third-order valence-electron chi connectivity index (χ3n) is 3.84. The first-order chi connectivity index (χ1) is 9.00. The van der Waals surface area contributed by atoms with Gasteiger partial charge in [0.1, 0.15) is 0 Å². The second kappa shape index (κ2) is 6.06. The number of nitrogens with one attached hydrogen (secondary N) is 1. The van der Waals surface area contributed by atoms with Crippen molar-refractivity contribution in [2.45, 2.75) is 45.2 Å². The van der Waals surface area contributed by atoms with Crippen molar-refractivity contribution < 1.29 is 8.42 Å². The van der Waals surface area contributed by atoms with Crippen LogP contribution in [-0.4, -0.2) is 26.0 Å². The van der Waals surface area contributed by atoms with E-state index in [1.54, 1.807) is 0 Å². The Morgan fingerprint density at radius 2 is 2.00 bits per heavy atom. The van der Waals surface area contributed by atoms with Gasteiger partial charge in [0.15, 0.2) is 9.84 Å². The zero-order chi connectivity index (χ0) is 13.9. The van der Waals surface area contributed by atoms with Crippen molar-refractivity contribution in [2.24, 2.45) is 0 Å². The SMILES string of the molecule is CCc1ccc(C(C)NC2CCCS(=O)(=O)C2)cc1. The molecule has 1 heterocycles. The quantitative estimate of drug-likeness (QED) is 0.922. The Morgan fingerprint density at radius 3 is 2.58 bits per heavy atom. The second-order valence-corrected chi connectivity index (χ2v) is 7.67. The molecule has 2 rings (SSSR count). The minimum Gasteiger partial charge on any atom is -0.306 e. The third-order valence-corrected chi connectivity index (χ3v) is 5.66. The van der Waals surface area contributed by atoms with E-state index in [0.29, 0.717) is 5.75 Å². The molecule has 1 N–H and O–H groups in total. The van der Waals surface area contributed by atoms with Gasteiger partial charge >= 0.3 is 0 Å². The molecule has 1 aromatic carbocycles. The van der Waals surface area contributed by atoms with Gasteiger partial charge in [-0.15, -0.1) is 0 Å². The summed E-state index contributed by atoms with van der Waals surface area (Å²) in [5.74, 6) is 0.634. The normalized spacial score (nSPS) is 24.0. The van der Waals surface area contributed by atoms with Crippen molar-refractivity contribution in [3.63, 3.8) is 0 Å². The molecule has 0 aromatic heterocycles. The van der Waals surface area contributed by atoms with Gasteiger partial charge < -0.3 is 5.32 Å². The topological polar surface area (TPSA) is 46.2 Å². The van der Waals surface area contributed by atoms with Crippen LogP contribution in [0.5, 0.6) is 0 Å². The number of benzene rings is 1. The van der Waals surface area contributed by atoms with Crippen molar-refractivity contribution in [1.29, 1.82) is 0 Å². The molecule has 106 valence electrons. The van der Waals surface area contributed by atoms with E-state index in [9.17, 15) is 8.42 Å². The maximum absolute atomic E-state index is 11.6. The highest BCUT2D eigenvalue weighted by Gasteiger charge is 2.25. The Morgan fingerprint density at radius 1 is 1.32 bits per heavy atom. The summed E-state index contributed by atoms with van der Waals surface area (Å²) >= 11 is 0. The van der Waals surface area contributed by atoms with Crippen LogP contribution in [0.15, 0.2) is 24.3 Å². The number of hydrogen-bond acceptors (Lipinski definition) is 3. The van der Waals surface area contributed by atoms with Crippen LogP contribution >= 0.6 is 0 Å². The van der Waals surface area contributed by atoms with E-state index >= 15 is 0 Å². The van der Waals surface area contributed by atoms with Gasteiger partial charge in [0, 0.05) is 12.1 Å². The Balaban J connectivity index is 1.98. The van der Waals surface area contributed by atoms with Crippen molar-refractivity contribution >= 4 is 9.84 Å². The van der Waals surface area contributed by atoms with Crippen LogP contribution in [0.3, 0.4) is 0 Å². The Bertz CT molecular complexity index is 507. The lowest BCUT2D eigenvalue weighted by atomic mass is 10.0. The largest absolute Gasteiger partial charge is 0.306 e. The predicted octanol–water partition coefficient (Wildman–Crippen LogP) is 2.48. The molecule has 19 heavy (non-hydrogen) atoms. The average molecular weight is 281 g/mol. The average Bonchev–Trinajstić information content (AvgIpc) is 2.37. The number of rotatable bonds is 4. The fourth-order valence-electron chi connectivity index (χ4n) is 2.65. The number of hydrogen-bond donors (Lipinski definition) is 1. The molecule has 1 aliphatic heterocycles. The van der Waals surface area contributed by atoms with Crippen LogP contribution < -0.4 is 5.32 Å². The lowest BCUT2D eigenvalue weighted by Crippen LogP contribution is -2.41. The summed E-state index contributed by atoms with van der Waals surface area (Å²) in [5.41, 5.74) is 2.55. The highest BCUT2D eigenvalue weighted by Crippen LogP contribution is 2.18. The van der Waals surface area contributed by atoms with Gasteiger partial charge in [0.2, 0.25) is 0 Å². The molecular weight excluding hydrogens is 258 g/mol. The number of aryl methyl sites for hydroxylation is 1. The van der Waals surface area contributed by atoms with E-state index in [0.717, 1.165) is 19.3 Å². The molecule has 2 unspecified atom stereocenters. The molecule has 4 heteroatoms. The molecule has 3 nitrogen and oxygen atoms in total. The van der Waals surface area contributed by atoms with Crippen LogP contribution in [0.2, 0.25) is 0 Å². The zero-order valence-electron chi connectivity index (χ0n) is 11.7. The molecule has 1 saturated heterocycles. The molecule has 0 spiro atoms. The van der Waals surface area contributed by atoms with Crippen LogP contribution in [-0.2, 0) is 16.3 Å². The highest BCUT2D eigenvalue weighted by molar-refractivity contribution is 7.91. The molecule has 2 atom stereocenters. The fourth-order valence-corrected chi connectivity index (χ4v) is 4.30. The monoisotopic (exact) mass is 281 g/mol. The Kier molecular flexibility index (Phi) is 4.63. The minimum absolute atomic E-state index is 0.0969. The number of sulfone groups is 1. The maximum Gasteiger partial charge on any atom is 0.151 e. The summed E-state index contributed by atoms with van der Waals surface area (Å²) < 4.78 is 23.2. The van der Waals surface area contributed by atoms with Gasteiger partial charge in [0.05, 0.1) is 11.5 Å². The smallest absolute Gasteiger partial charge is 0.151 e. The summed E-state index contributed by atoms with van der Waals surface area (Å²) in [6.45, 7) is 4.24. The van der Waals surface area contributed by atoms with E-state index in [-0.39, 0.29) is 17.8 Å². The van der Waals surface area contributed by atoms with Gasteiger partial charge in [-0.1, -0.05) is 31.2 Å². The van der Waals surface area contributed by atoms with Gasteiger partial charge in [-0.05, 0) is 37.3 Å². The molecule has 0 amide bonds. The summed E-state index contributed by atoms with van der Waals surface area (Å²) in [6, 6.07) is 8.85. The van der Waals surface area contributed by atoms with E-state index in [1.165, 1.54) is 11.1 Å². The van der Waals surface area contributed by atoms with Crippen molar-refractivity contribution in [2.75, 3.05) is 11.5 Å². The second-order valence-electron chi connectivity index (χ2n) is 5.44. The first-order valence-electron chi connectivity index (χ1n) is 7.05. The molecular formula is C15H23NO2S. The molecule has 0 bridgehead atoms. The minimum atomic E-state index is -2.83. The summed E-state index contributed by atoms with van der Waals surface area (Å²) in [6.07, 6.45) is 2.78. The molecule has 0 radical (unpaired) electrons. The van der Waals surface area contributed by atoms with Gasteiger partial charge in [-0.25, -0.2) is 8.42 Å². The van der Waals surface area contributed by atoms with Crippen molar-refractivity contribution in [3.05, 3.63) is 35.4 Å². The lowest BCUT2D eigenvalue weighted by Gasteiger charge is -2.26.